The second-order valence-electron chi connectivity index (χ2n) is 8.97. The Morgan fingerprint density at radius 1 is 1.28 bits per heavy atom. The minimum absolute atomic E-state index is 0.252. The number of hydrogen-bond donors (Lipinski definition) is 5. The second-order valence-corrected chi connectivity index (χ2v) is 9.93. The molecule has 0 spiro atoms. The van der Waals surface area contributed by atoms with Crippen LogP contribution in [0.3, 0.4) is 0 Å². The maximum Gasteiger partial charge on any atom is 0.410 e. The zero-order chi connectivity index (χ0) is 25.8. The lowest BCUT2D eigenvalue weighted by atomic mass is 10.0. The summed E-state index contributed by atoms with van der Waals surface area (Å²) >= 11 is 1.23. The molecule has 1 atom stereocenters. The Morgan fingerprint density at radius 2 is 2.03 bits per heavy atom. The fraction of sp³-hybridized carbons (Fsp3) is 0.400. The molecule has 1 unspecified atom stereocenters. The first-order valence-electron chi connectivity index (χ1n) is 12.0. The van der Waals surface area contributed by atoms with Crippen LogP contribution in [0, 0.1) is 0 Å². The number of rotatable bonds is 9. The van der Waals surface area contributed by atoms with Crippen LogP contribution in [0.2, 0.25) is 0 Å². The molecule has 4 rings (SSSR count). The quantitative estimate of drug-likeness (QED) is 0.291. The van der Waals surface area contributed by atoms with Gasteiger partial charge >= 0.3 is 6.09 Å². The van der Waals surface area contributed by atoms with E-state index in [9.17, 15) is 14.7 Å². The van der Waals surface area contributed by atoms with E-state index in [1.807, 2.05) is 0 Å². The van der Waals surface area contributed by atoms with Gasteiger partial charge in [-0.3, -0.25) is 4.79 Å². The van der Waals surface area contributed by atoms with Crippen molar-refractivity contribution in [2.24, 2.45) is 11.5 Å². The number of aliphatic hydroxyl groups excluding tert-OH is 1. The third kappa shape index (κ3) is 5.69. The molecule has 36 heavy (non-hydrogen) atoms. The first kappa shape index (κ1) is 25.7. The summed E-state index contributed by atoms with van der Waals surface area (Å²) in [7, 11) is 0. The Labute approximate surface area is 213 Å². The standard InChI is InChI=1S/C25H32N6O4S/c1-2-4-15-12-19(30-23-20(15)21(26)24(36-23)35-25(28)34)31-9-7-17(8-10-31)29-13-18(32)14-5-3-6-16(11-14)22(27)33/h3,5-6,11-12,17-18,29,32H,2,4,7-10,13,26H2,1H3,(H2,27,33)(H2,28,34). The van der Waals surface area contributed by atoms with Crippen molar-refractivity contribution >= 4 is 45.1 Å². The van der Waals surface area contributed by atoms with E-state index in [1.54, 1.807) is 24.3 Å². The number of carbonyl (C=O) groups is 2. The van der Waals surface area contributed by atoms with Gasteiger partial charge in [0.2, 0.25) is 11.0 Å². The van der Waals surface area contributed by atoms with E-state index in [2.05, 4.69) is 23.2 Å². The van der Waals surface area contributed by atoms with E-state index in [1.165, 1.54) is 11.3 Å². The average molecular weight is 513 g/mol. The van der Waals surface area contributed by atoms with Crippen molar-refractivity contribution in [3.05, 3.63) is 47.0 Å². The third-order valence-corrected chi connectivity index (χ3v) is 7.40. The molecule has 3 aromatic rings. The fourth-order valence-electron chi connectivity index (χ4n) is 4.57. The second kappa shape index (κ2) is 11.1. The normalized spacial score (nSPS) is 15.2. The number of nitrogens with two attached hydrogens (primary N) is 3. The van der Waals surface area contributed by atoms with Gasteiger partial charge in [0.25, 0.3) is 0 Å². The lowest BCUT2D eigenvalue weighted by Gasteiger charge is -2.34. The molecule has 1 aliphatic rings. The van der Waals surface area contributed by atoms with Crippen LogP contribution in [0.5, 0.6) is 5.06 Å². The number of thiophene rings is 1. The van der Waals surface area contributed by atoms with Crippen molar-refractivity contribution in [2.45, 2.75) is 44.8 Å². The molecule has 2 aromatic heterocycles. The predicted molar refractivity (Wildman–Crippen MR) is 141 cm³/mol. The molecule has 10 nitrogen and oxygen atoms in total. The van der Waals surface area contributed by atoms with Crippen molar-refractivity contribution in [3.8, 4) is 5.06 Å². The summed E-state index contributed by atoms with van der Waals surface area (Å²) in [6, 6.07) is 9.10. The highest BCUT2D eigenvalue weighted by molar-refractivity contribution is 7.21. The van der Waals surface area contributed by atoms with E-state index in [-0.39, 0.29) is 11.1 Å². The predicted octanol–water partition coefficient (Wildman–Crippen LogP) is 2.68. The van der Waals surface area contributed by atoms with Gasteiger partial charge in [0, 0.05) is 36.6 Å². The highest BCUT2D eigenvalue weighted by atomic mass is 32.1. The summed E-state index contributed by atoms with van der Waals surface area (Å²) < 4.78 is 5.09. The van der Waals surface area contributed by atoms with Gasteiger partial charge < -0.3 is 37.3 Å². The Hall–Kier alpha value is -3.41. The molecule has 8 N–H and O–H groups in total. The van der Waals surface area contributed by atoms with E-state index in [4.69, 9.17) is 26.9 Å². The molecule has 1 fully saturated rings. The minimum Gasteiger partial charge on any atom is -0.397 e. The molecule has 0 aliphatic carbocycles. The zero-order valence-corrected chi connectivity index (χ0v) is 21.0. The summed E-state index contributed by atoms with van der Waals surface area (Å²) in [5.41, 5.74) is 19.3. The third-order valence-electron chi connectivity index (χ3n) is 6.42. The molecule has 0 radical (unpaired) electrons. The zero-order valence-electron chi connectivity index (χ0n) is 20.2. The summed E-state index contributed by atoms with van der Waals surface area (Å²) in [5, 5.41) is 15.1. The number of nitrogen functional groups attached to an aromatic ring is 1. The summed E-state index contributed by atoms with van der Waals surface area (Å²) in [5.74, 6) is 0.361. The first-order valence-corrected chi connectivity index (χ1v) is 12.8. The number of aryl methyl sites for hydroxylation is 1. The number of piperidine rings is 1. The fourth-order valence-corrected chi connectivity index (χ4v) is 5.56. The number of carbonyl (C=O) groups excluding carboxylic acids is 2. The molecule has 192 valence electrons. The molecule has 3 heterocycles. The number of primary amides is 2. The van der Waals surface area contributed by atoms with Crippen molar-refractivity contribution in [3.63, 3.8) is 0 Å². The van der Waals surface area contributed by atoms with Gasteiger partial charge in [-0.15, -0.1) is 0 Å². The van der Waals surface area contributed by atoms with Crippen LogP contribution in [0.25, 0.3) is 10.2 Å². The minimum atomic E-state index is -0.897. The summed E-state index contributed by atoms with van der Waals surface area (Å²) in [4.78, 5) is 30.5. The number of nitrogens with one attached hydrogen (secondary N) is 1. The lowest BCUT2D eigenvalue weighted by Crippen LogP contribution is -2.44. The number of amides is 2. The van der Waals surface area contributed by atoms with Crippen LogP contribution in [0.1, 0.15) is 53.8 Å². The largest absolute Gasteiger partial charge is 0.410 e. The van der Waals surface area contributed by atoms with Gasteiger partial charge in [0.1, 0.15) is 10.6 Å². The number of fused-ring (bicyclic) bond motifs is 1. The number of pyridine rings is 1. The molecule has 1 aromatic carbocycles. The number of hydrogen-bond acceptors (Lipinski definition) is 9. The van der Waals surface area contributed by atoms with Crippen LogP contribution >= 0.6 is 11.3 Å². The van der Waals surface area contributed by atoms with Crippen molar-refractivity contribution in [1.82, 2.24) is 10.3 Å². The molecular weight excluding hydrogens is 480 g/mol. The molecular formula is C25H32N6O4S. The van der Waals surface area contributed by atoms with Crippen LogP contribution in [0.4, 0.5) is 16.3 Å². The van der Waals surface area contributed by atoms with E-state index in [0.717, 1.165) is 60.4 Å². The maximum absolute atomic E-state index is 11.4. The highest BCUT2D eigenvalue weighted by Crippen LogP contribution is 2.42. The molecule has 0 bridgehead atoms. The number of anilines is 2. The van der Waals surface area contributed by atoms with Gasteiger partial charge in [-0.05, 0) is 48.6 Å². The van der Waals surface area contributed by atoms with Gasteiger partial charge in [0.15, 0.2) is 0 Å². The monoisotopic (exact) mass is 512 g/mol. The van der Waals surface area contributed by atoms with Crippen LogP contribution in [-0.4, -0.2) is 47.8 Å². The first-order chi connectivity index (χ1) is 17.3. The van der Waals surface area contributed by atoms with Gasteiger partial charge in [0.05, 0.1) is 11.8 Å². The van der Waals surface area contributed by atoms with Gasteiger partial charge in [-0.1, -0.05) is 36.8 Å². The average Bonchev–Trinajstić information content (AvgIpc) is 3.17. The molecule has 0 saturated carbocycles. The maximum atomic E-state index is 11.4. The van der Waals surface area contributed by atoms with E-state index < -0.39 is 18.1 Å². The van der Waals surface area contributed by atoms with Crippen molar-refractivity contribution < 1.29 is 19.4 Å². The van der Waals surface area contributed by atoms with Crippen LogP contribution in [-0.2, 0) is 6.42 Å². The summed E-state index contributed by atoms with van der Waals surface area (Å²) in [6.07, 6.45) is 1.92. The number of benzene rings is 1. The number of aliphatic hydroxyl groups is 1. The Balaban J connectivity index is 1.41. The molecule has 1 aliphatic heterocycles. The number of ether oxygens (including phenoxy) is 1. The van der Waals surface area contributed by atoms with Gasteiger partial charge in [-0.2, -0.15) is 0 Å². The number of aromatic nitrogens is 1. The summed E-state index contributed by atoms with van der Waals surface area (Å²) in [6.45, 7) is 4.10. The van der Waals surface area contributed by atoms with E-state index >= 15 is 0 Å². The van der Waals surface area contributed by atoms with Crippen LogP contribution < -0.4 is 32.2 Å². The Kier molecular flexibility index (Phi) is 7.92. The van der Waals surface area contributed by atoms with Crippen molar-refractivity contribution in [1.29, 1.82) is 0 Å². The SMILES string of the molecule is CCCc1cc(N2CCC(NCC(O)c3cccc(C(N)=O)c3)CC2)nc2sc(OC(N)=O)c(N)c12. The van der Waals surface area contributed by atoms with Crippen molar-refractivity contribution in [2.75, 3.05) is 30.3 Å². The Bertz CT molecular complexity index is 1250. The van der Waals surface area contributed by atoms with Gasteiger partial charge in [-0.25, -0.2) is 9.78 Å². The van der Waals surface area contributed by atoms with Crippen LogP contribution in [0.15, 0.2) is 30.3 Å². The Morgan fingerprint density at radius 3 is 2.69 bits per heavy atom. The molecule has 11 heteroatoms. The smallest absolute Gasteiger partial charge is 0.397 e. The topological polar surface area (TPSA) is 170 Å². The van der Waals surface area contributed by atoms with E-state index in [0.29, 0.717) is 23.4 Å². The molecule has 2 amide bonds. The lowest BCUT2D eigenvalue weighted by molar-refractivity contribution is 0.0999. The molecule has 1 saturated heterocycles. The number of nitrogens with zero attached hydrogens (tertiary/aromatic N) is 2. The highest BCUT2D eigenvalue weighted by Gasteiger charge is 2.24.